The molecule has 19 heavy (non-hydrogen) atoms. The molecule has 1 saturated heterocycles. The molecule has 1 fully saturated rings. The second-order valence-electron chi connectivity index (χ2n) is 4.65. The maximum atomic E-state index is 12.1. The number of rotatable bonds is 4. The van der Waals surface area contributed by atoms with Crippen LogP contribution in [0.1, 0.15) is 19.3 Å². The third kappa shape index (κ3) is 4.63. The summed E-state index contributed by atoms with van der Waals surface area (Å²) in [7, 11) is -3.39. The minimum atomic E-state index is -3.39. The van der Waals surface area contributed by atoms with Crippen LogP contribution in [0, 0.1) is 0 Å². The van der Waals surface area contributed by atoms with E-state index in [9.17, 15) is 8.42 Å². The number of halogens is 2. The molecule has 1 atom stereocenters. The Morgan fingerprint density at radius 2 is 2.21 bits per heavy atom. The van der Waals surface area contributed by atoms with Gasteiger partial charge in [0.1, 0.15) is 0 Å². The number of benzene rings is 1. The van der Waals surface area contributed by atoms with E-state index in [0.29, 0.717) is 10.7 Å². The molecule has 0 aliphatic carbocycles. The molecular weight excluding hydrogens is 352 g/mol. The van der Waals surface area contributed by atoms with E-state index in [1.165, 1.54) is 0 Å². The molecule has 1 aliphatic heterocycles. The van der Waals surface area contributed by atoms with Gasteiger partial charge in [-0.3, -0.25) is 4.72 Å². The molecule has 106 valence electrons. The van der Waals surface area contributed by atoms with Crippen molar-refractivity contribution >= 4 is 43.2 Å². The summed E-state index contributed by atoms with van der Waals surface area (Å²) in [5.41, 5.74) is 0.409. The lowest BCUT2D eigenvalue weighted by molar-refractivity contribution is 0.424. The molecule has 0 bridgehead atoms. The van der Waals surface area contributed by atoms with E-state index >= 15 is 0 Å². The SMILES string of the molecule is O=S(=O)(CC1CCCCN1)Nc1cc(Br)ccc1Cl. The summed E-state index contributed by atoms with van der Waals surface area (Å²) < 4.78 is 27.5. The number of sulfonamides is 1. The minimum absolute atomic E-state index is 0.0252. The lowest BCUT2D eigenvalue weighted by Crippen LogP contribution is -2.40. The number of piperidine rings is 1. The van der Waals surface area contributed by atoms with Crippen LogP contribution >= 0.6 is 27.5 Å². The van der Waals surface area contributed by atoms with Crippen molar-refractivity contribution in [3.05, 3.63) is 27.7 Å². The predicted octanol–water partition coefficient (Wildman–Crippen LogP) is 2.99. The molecule has 1 aliphatic rings. The maximum Gasteiger partial charge on any atom is 0.234 e. The molecule has 1 aromatic carbocycles. The van der Waals surface area contributed by atoms with Crippen molar-refractivity contribution in [2.75, 3.05) is 17.0 Å². The van der Waals surface area contributed by atoms with Crippen LogP contribution in [0.25, 0.3) is 0 Å². The van der Waals surface area contributed by atoms with Crippen molar-refractivity contribution in [3.63, 3.8) is 0 Å². The zero-order chi connectivity index (χ0) is 13.9. The second kappa shape index (κ2) is 6.43. The molecule has 7 heteroatoms. The summed E-state index contributed by atoms with van der Waals surface area (Å²) in [5.74, 6) is 0.0792. The topological polar surface area (TPSA) is 58.2 Å². The first-order valence-corrected chi connectivity index (χ1v) is 8.97. The largest absolute Gasteiger partial charge is 0.313 e. The van der Waals surface area contributed by atoms with Crippen molar-refractivity contribution in [2.45, 2.75) is 25.3 Å². The smallest absolute Gasteiger partial charge is 0.234 e. The molecule has 2 N–H and O–H groups in total. The van der Waals surface area contributed by atoms with Crippen LogP contribution in [0.3, 0.4) is 0 Å². The van der Waals surface area contributed by atoms with Gasteiger partial charge in [0.15, 0.2) is 0 Å². The molecular formula is C12H16BrClN2O2S. The fourth-order valence-electron chi connectivity index (χ4n) is 2.12. The molecule has 0 saturated carbocycles. The van der Waals surface area contributed by atoms with Crippen LogP contribution in [0.2, 0.25) is 5.02 Å². The van der Waals surface area contributed by atoms with E-state index in [1.807, 2.05) is 0 Å². The molecule has 4 nitrogen and oxygen atoms in total. The van der Waals surface area contributed by atoms with Gasteiger partial charge in [0.05, 0.1) is 16.5 Å². The van der Waals surface area contributed by atoms with Crippen LogP contribution in [0.4, 0.5) is 5.69 Å². The fraction of sp³-hybridized carbons (Fsp3) is 0.500. The second-order valence-corrected chi connectivity index (χ2v) is 7.74. The monoisotopic (exact) mass is 366 g/mol. The Balaban J connectivity index is 2.05. The van der Waals surface area contributed by atoms with E-state index in [1.54, 1.807) is 18.2 Å². The van der Waals surface area contributed by atoms with Crippen molar-refractivity contribution < 1.29 is 8.42 Å². The Hall–Kier alpha value is -0.300. The molecule has 0 amide bonds. The normalized spacial score (nSPS) is 20.2. The van der Waals surface area contributed by atoms with Gasteiger partial charge < -0.3 is 5.32 Å². The third-order valence-corrected chi connectivity index (χ3v) is 5.22. The number of hydrogen-bond acceptors (Lipinski definition) is 3. The number of nitrogens with one attached hydrogen (secondary N) is 2. The summed E-state index contributed by atoms with van der Waals surface area (Å²) in [5, 5.41) is 3.62. The Bertz CT molecular complexity index is 545. The van der Waals surface area contributed by atoms with Gasteiger partial charge in [0, 0.05) is 10.5 Å². The average molecular weight is 368 g/mol. The molecule has 1 heterocycles. The Morgan fingerprint density at radius 3 is 2.89 bits per heavy atom. The molecule has 0 radical (unpaired) electrons. The van der Waals surface area contributed by atoms with E-state index in [0.717, 1.165) is 30.3 Å². The highest BCUT2D eigenvalue weighted by Gasteiger charge is 2.21. The number of anilines is 1. The first-order valence-electron chi connectivity index (χ1n) is 6.15. The lowest BCUT2D eigenvalue weighted by Gasteiger charge is -2.23. The van der Waals surface area contributed by atoms with E-state index in [-0.39, 0.29) is 11.8 Å². The van der Waals surface area contributed by atoms with E-state index in [4.69, 9.17) is 11.6 Å². The van der Waals surface area contributed by atoms with Crippen molar-refractivity contribution in [3.8, 4) is 0 Å². The fourth-order valence-corrected chi connectivity index (χ4v) is 4.10. The van der Waals surface area contributed by atoms with Crippen molar-refractivity contribution in [2.24, 2.45) is 0 Å². The Labute approximate surface area is 127 Å². The van der Waals surface area contributed by atoms with Gasteiger partial charge >= 0.3 is 0 Å². The molecule has 0 spiro atoms. The Morgan fingerprint density at radius 1 is 1.42 bits per heavy atom. The van der Waals surface area contributed by atoms with Crippen LogP contribution in [0.15, 0.2) is 22.7 Å². The summed E-state index contributed by atoms with van der Waals surface area (Å²) in [4.78, 5) is 0. The predicted molar refractivity (Wildman–Crippen MR) is 82.2 cm³/mol. The van der Waals surface area contributed by atoms with Gasteiger partial charge in [-0.2, -0.15) is 0 Å². The Kier molecular flexibility index (Phi) is 5.11. The molecule has 0 aromatic heterocycles. The van der Waals surface area contributed by atoms with Gasteiger partial charge in [-0.05, 0) is 37.6 Å². The molecule has 2 rings (SSSR count). The van der Waals surface area contributed by atoms with Gasteiger partial charge in [-0.15, -0.1) is 0 Å². The number of hydrogen-bond donors (Lipinski definition) is 2. The van der Waals surface area contributed by atoms with Crippen molar-refractivity contribution in [1.29, 1.82) is 0 Å². The highest BCUT2D eigenvalue weighted by Crippen LogP contribution is 2.26. The first kappa shape index (κ1) is 15.1. The highest BCUT2D eigenvalue weighted by molar-refractivity contribution is 9.10. The summed E-state index contributed by atoms with van der Waals surface area (Å²) >= 11 is 9.28. The minimum Gasteiger partial charge on any atom is -0.313 e. The maximum absolute atomic E-state index is 12.1. The van der Waals surface area contributed by atoms with E-state index < -0.39 is 10.0 Å². The molecule has 1 aromatic rings. The summed E-state index contributed by atoms with van der Waals surface area (Å²) in [6.45, 7) is 0.887. The summed E-state index contributed by atoms with van der Waals surface area (Å²) in [6, 6.07) is 5.11. The quantitative estimate of drug-likeness (QED) is 0.860. The van der Waals surface area contributed by atoms with Crippen LogP contribution in [0.5, 0.6) is 0 Å². The van der Waals surface area contributed by atoms with Gasteiger partial charge in [-0.25, -0.2) is 8.42 Å². The average Bonchev–Trinajstić information content (AvgIpc) is 2.34. The van der Waals surface area contributed by atoms with Crippen molar-refractivity contribution in [1.82, 2.24) is 5.32 Å². The van der Waals surface area contributed by atoms with Gasteiger partial charge in [0.25, 0.3) is 0 Å². The summed E-state index contributed by atoms with van der Waals surface area (Å²) in [6.07, 6.45) is 3.08. The van der Waals surface area contributed by atoms with Crippen LogP contribution in [-0.2, 0) is 10.0 Å². The zero-order valence-electron chi connectivity index (χ0n) is 10.3. The highest BCUT2D eigenvalue weighted by atomic mass is 79.9. The van der Waals surface area contributed by atoms with Crippen LogP contribution < -0.4 is 10.0 Å². The van der Waals surface area contributed by atoms with Crippen LogP contribution in [-0.4, -0.2) is 26.8 Å². The van der Waals surface area contributed by atoms with Gasteiger partial charge in [0.2, 0.25) is 10.0 Å². The third-order valence-electron chi connectivity index (χ3n) is 3.03. The molecule has 1 unspecified atom stereocenters. The standard InChI is InChI=1S/C12H16BrClN2O2S/c13-9-4-5-11(14)12(7-9)16-19(17,18)8-10-3-1-2-6-15-10/h4-5,7,10,15-16H,1-3,6,8H2. The lowest BCUT2D eigenvalue weighted by atomic mass is 10.1. The zero-order valence-corrected chi connectivity index (χ0v) is 13.5. The first-order chi connectivity index (χ1) is 8.96. The van der Waals surface area contributed by atoms with E-state index in [2.05, 4.69) is 26.0 Å². The van der Waals surface area contributed by atoms with Gasteiger partial charge in [-0.1, -0.05) is 34.0 Å².